The minimum Gasteiger partial charge on any atom is -0.378 e. The van der Waals surface area contributed by atoms with Crippen molar-refractivity contribution in [3.05, 3.63) is 28.2 Å². The van der Waals surface area contributed by atoms with E-state index in [2.05, 4.69) is 60.2 Å². The highest BCUT2D eigenvalue weighted by atomic mass is 79.9. The van der Waals surface area contributed by atoms with Crippen LogP contribution in [-0.2, 0) is 4.74 Å². The van der Waals surface area contributed by atoms with Gasteiger partial charge in [-0.15, -0.1) is 0 Å². The van der Waals surface area contributed by atoms with E-state index in [0.717, 1.165) is 29.6 Å². The molecule has 2 rings (SSSR count). The standard InChI is InChI=1S/C16H25BrN2O/c1-11(2)15-9-16(10-18,6-7-20-15)19-14-8-12(3)4-5-13(14)17/h4-5,8,11,15,19H,6-7,9-10,18H2,1-3H3. The number of nitrogens with one attached hydrogen (secondary N) is 1. The third-order valence-electron chi connectivity index (χ3n) is 4.16. The zero-order valence-electron chi connectivity index (χ0n) is 12.6. The molecule has 20 heavy (non-hydrogen) atoms. The second kappa shape index (κ2) is 6.46. The van der Waals surface area contributed by atoms with E-state index in [1.165, 1.54) is 5.56 Å². The quantitative estimate of drug-likeness (QED) is 0.878. The van der Waals surface area contributed by atoms with Gasteiger partial charge in [-0.25, -0.2) is 0 Å². The summed E-state index contributed by atoms with van der Waals surface area (Å²) in [6.45, 7) is 7.92. The molecule has 0 amide bonds. The van der Waals surface area contributed by atoms with Crippen molar-refractivity contribution in [2.24, 2.45) is 11.7 Å². The monoisotopic (exact) mass is 340 g/mol. The lowest BCUT2D eigenvalue weighted by molar-refractivity contribution is -0.0357. The Labute approximate surface area is 130 Å². The van der Waals surface area contributed by atoms with E-state index in [0.29, 0.717) is 12.5 Å². The van der Waals surface area contributed by atoms with E-state index in [1.54, 1.807) is 0 Å². The first-order chi connectivity index (χ1) is 9.46. The molecule has 0 spiro atoms. The van der Waals surface area contributed by atoms with E-state index < -0.39 is 0 Å². The Bertz CT molecular complexity index is 464. The molecule has 0 saturated carbocycles. The summed E-state index contributed by atoms with van der Waals surface area (Å²) >= 11 is 3.62. The summed E-state index contributed by atoms with van der Waals surface area (Å²) in [4.78, 5) is 0. The number of benzene rings is 1. The largest absolute Gasteiger partial charge is 0.378 e. The highest BCUT2D eigenvalue weighted by Gasteiger charge is 2.37. The van der Waals surface area contributed by atoms with Crippen molar-refractivity contribution in [3.63, 3.8) is 0 Å². The first-order valence-corrected chi connectivity index (χ1v) is 8.11. The number of halogens is 1. The third kappa shape index (κ3) is 3.54. The third-order valence-corrected chi connectivity index (χ3v) is 4.85. The first-order valence-electron chi connectivity index (χ1n) is 7.32. The fourth-order valence-electron chi connectivity index (χ4n) is 2.75. The molecule has 0 bridgehead atoms. The second-order valence-corrected chi connectivity index (χ2v) is 7.05. The van der Waals surface area contributed by atoms with Gasteiger partial charge in [-0.2, -0.15) is 0 Å². The highest BCUT2D eigenvalue weighted by Crippen LogP contribution is 2.34. The van der Waals surface area contributed by atoms with Crippen LogP contribution in [0.25, 0.3) is 0 Å². The molecule has 1 fully saturated rings. The zero-order chi connectivity index (χ0) is 14.8. The summed E-state index contributed by atoms with van der Waals surface area (Å²) in [6, 6.07) is 6.35. The van der Waals surface area contributed by atoms with Crippen molar-refractivity contribution in [3.8, 4) is 0 Å². The van der Waals surface area contributed by atoms with Crippen molar-refractivity contribution in [1.82, 2.24) is 0 Å². The van der Waals surface area contributed by atoms with Crippen molar-refractivity contribution >= 4 is 21.6 Å². The maximum absolute atomic E-state index is 6.10. The molecule has 2 atom stereocenters. The van der Waals surface area contributed by atoms with Gasteiger partial charge in [0.25, 0.3) is 0 Å². The topological polar surface area (TPSA) is 47.3 Å². The molecule has 4 heteroatoms. The van der Waals surface area contributed by atoms with Crippen LogP contribution in [0, 0.1) is 12.8 Å². The van der Waals surface area contributed by atoms with Gasteiger partial charge in [-0.1, -0.05) is 19.9 Å². The van der Waals surface area contributed by atoms with Gasteiger partial charge in [0, 0.05) is 23.3 Å². The minimum atomic E-state index is -0.0660. The summed E-state index contributed by atoms with van der Waals surface area (Å²) in [6.07, 6.45) is 2.19. The first kappa shape index (κ1) is 15.8. The van der Waals surface area contributed by atoms with Gasteiger partial charge in [-0.3, -0.25) is 0 Å². The van der Waals surface area contributed by atoms with Crippen molar-refractivity contribution < 1.29 is 4.74 Å². The summed E-state index contributed by atoms with van der Waals surface area (Å²) in [5.41, 5.74) is 8.41. The molecule has 0 aromatic heterocycles. The van der Waals surface area contributed by atoms with Gasteiger partial charge in [0.05, 0.1) is 11.6 Å². The van der Waals surface area contributed by atoms with Crippen LogP contribution in [-0.4, -0.2) is 24.8 Å². The molecule has 0 aliphatic carbocycles. The SMILES string of the molecule is Cc1ccc(Br)c(NC2(CN)CCOC(C(C)C)C2)c1. The number of rotatable bonds is 4. The van der Waals surface area contributed by atoms with E-state index >= 15 is 0 Å². The van der Waals surface area contributed by atoms with E-state index in [4.69, 9.17) is 10.5 Å². The van der Waals surface area contributed by atoms with Crippen molar-refractivity contribution in [1.29, 1.82) is 0 Å². The number of nitrogens with two attached hydrogens (primary N) is 1. The Morgan fingerprint density at radius 2 is 2.25 bits per heavy atom. The summed E-state index contributed by atoms with van der Waals surface area (Å²) in [7, 11) is 0. The van der Waals surface area contributed by atoms with Crippen molar-refractivity contribution in [2.45, 2.75) is 45.3 Å². The van der Waals surface area contributed by atoms with Gasteiger partial charge in [0.1, 0.15) is 0 Å². The van der Waals surface area contributed by atoms with Crippen molar-refractivity contribution in [2.75, 3.05) is 18.5 Å². The predicted molar refractivity (Wildman–Crippen MR) is 88.1 cm³/mol. The van der Waals surface area contributed by atoms with E-state index in [-0.39, 0.29) is 11.6 Å². The average Bonchev–Trinajstić information content (AvgIpc) is 2.43. The molecule has 112 valence electrons. The summed E-state index contributed by atoms with van der Waals surface area (Å²) < 4.78 is 6.97. The Hall–Kier alpha value is -0.580. The van der Waals surface area contributed by atoms with Crippen LogP contribution in [0.3, 0.4) is 0 Å². The lowest BCUT2D eigenvalue weighted by Crippen LogP contribution is -2.53. The highest BCUT2D eigenvalue weighted by molar-refractivity contribution is 9.10. The molecule has 1 aliphatic heterocycles. The number of hydrogen-bond acceptors (Lipinski definition) is 3. The molecule has 1 aliphatic rings. The Kier molecular flexibility index (Phi) is 5.10. The van der Waals surface area contributed by atoms with Crippen LogP contribution >= 0.6 is 15.9 Å². The van der Waals surface area contributed by atoms with Crippen LogP contribution in [0.4, 0.5) is 5.69 Å². The maximum Gasteiger partial charge on any atom is 0.0620 e. The Morgan fingerprint density at radius 3 is 2.90 bits per heavy atom. The van der Waals surface area contributed by atoms with E-state index in [9.17, 15) is 0 Å². The smallest absolute Gasteiger partial charge is 0.0620 e. The molecule has 1 saturated heterocycles. The molecular formula is C16H25BrN2O. The van der Waals surface area contributed by atoms with Crippen LogP contribution in [0.15, 0.2) is 22.7 Å². The van der Waals surface area contributed by atoms with Gasteiger partial charge in [-0.05, 0) is 59.3 Å². The van der Waals surface area contributed by atoms with Crippen LogP contribution in [0.5, 0.6) is 0 Å². The molecule has 2 unspecified atom stereocenters. The molecule has 0 radical (unpaired) electrons. The second-order valence-electron chi connectivity index (χ2n) is 6.20. The molecule has 1 aromatic rings. The molecule has 1 heterocycles. The summed E-state index contributed by atoms with van der Waals surface area (Å²) in [5, 5.41) is 3.69. The zero-order valence-corrected chi connectivity index (χ0v) is 14.2. The van der Waals surface area contributed by atoms with Gasteiger partial charge in [0.2, 0.25) is 0 Å². The number of aryl methyl sites for hydroxylation is 1. The number of hydrogen-bond donors (Lipinski definition) is 2. The fourth-order valence-corrected chi connectivity index (χ4v) is 3.10. The lowest BCUT2D eigenvalue weighted by atomic mass is 9.83. The Morgan fingerprint density at radius 1 is 1.50 bits per heavy atom. The van der Waals surface area contributed by atoms with Crippen LogP contribution < -0.4 is 11.1 Å². The van der Waals surface area contributed by atoms with Crippen LogP contribution in [0.2, 0.25) is 0 Å². The molecule has 1 aromatic carbocycles. The minimum absolute atomic E-state index is 0.0660. The molecule has 3 N–H and O–H groups in total. The Balaban J connectivity index is 2.20. The predicted octanol–water partition coefficient (Wildman–Crippen LogP) is 3.70. The van der Waals surface area contributed by atoms with Gasteiger partial charge in [0.15, 0.2) is 0 Å². The fraction of sp³-hybridized carbons (Fsp3) is 0.625. The molecular weight excluding hydrogens is 316 g/mol. The average molecular weight is 341 g/mol. The normalized spacial score (nSPS) is 26.8. The van der Waals surface area contributed by atoms with Crippen LogP contribution in [0.1, 0.15) is 32.3 Å². The van der Waals surface area contributed by atoms with Gasteiger partial charge < -0.3 is 15.8 Å². The van der Waals surface area contributed by atoms with Gasteiger partial charge >= 0.3 is 0 Å². The maximum atomic E-state index is 6.10. The summed E-state index contributed by atoms with van der Waals surface area (Å²) in [5.74, 6) is 0.518. The van der Waals surface area contributed by atoms with E-state index in [1.807, 2.05) is 0 Å². The number of anilines is 1. The number of ether oxygens (including phenoxy) is 1. The molecule has 3 nitrogen and oxygen atoms in total. The lowest BCUT2D eigenvalue weighted by Gasteiger charge is -2.43.